The maximum Gasteiger partial charge on any atom is 0.372 e. The van der Waals surface area contributed by atoms with Crippen molar-refractivity contribution in [2.75, 3.05) is 32.6 Å². The molecule has 21 heavy (non-hydrogen) atoms. The number of hydrogen-bond acceptors (Lipinski definition) is 7. The Kier molecular flexibility index (Phi) is 5.83. The molecule has 0 aliphatic carbocycles. The molecular formula is C13H23N5O3. The number of likely N-dealkylation sites (N-methyl/N-ethyl adjacent to an activating group) is 1. The molecule has 0 fully saturated rings. The van der Waals surface area contributed by atoms with Crippen LogP contribution in [0.2, 0.25) is 0 Å². The van der Waals surface area contributed by atoms with Crippen molar-refractivity contribution in [2.45, 2.75) is 32.7 Å². The molecule has 0 saturated heterocycles. The number of nitrogens with one attached hydrogen (secondary N) is 1. The van der Waals surface area contributed by atoms with Gasteiger partial charge in [0, 0.05) is 12.1 Å². The minimum atomic E-state index is -0.518. The largest absolute Gasteiger partial charge is 0.471 e. The van der Waals surface area contributed by atoms with Gasteiger partial charge in [-0.25, -0.2) is 4.98 Å². The smallest absolute Gasteiger partial charge is 0.372 e. The fourth-order valence-electron chi connectivity index (χ4n) is 1.38. The van der Waals surface area contributed by atoms with E-state index >= 15 is 0 Å². The molecule has 1 aromatic heterocycles. The first-order chi connectivity index (χ1) is 9.79. The molecule has 0 saturated carbocycles. The normalized spacial score (nSPS) is 11.5. The Morgan fingerprint density at radius 2 is 2.10 bits per heavy atom. The quantitative estimate of drug-likeness (QED) is 0.578. The molecule has 0 radical (unpaired) electrons. The molecule has 0 spiro atoms. The summed E-state index contributed by atoms with van der Waals surface area (Å²) in [6, 6.07) is 0. The summed E-state index contributed by atoms with van der Waals surface area (Å²) >= 11 is 0. The van der Waals surface area contributed by atoms with Crippen LogP contribution in [0, 0.1) is 10.1 Å². The number of aromatic nitrogens is 2. The first-order valence-electron chi connectivity index (χ1n) is 6.83. The van der Waals surface area contributed by atoms with Gasteiger partial charge in [-0.2, -0.15) is 4.98 Å². The third-order valence-corrected chi connectivity index (χ3v) is 3.29. The highest BCUT2D eigenvalue weighted by molar-refractivity contribution is 5.61. The summed E-state index contributed by atoms with van der Waals surface area (Å²) in [6.07, 6.45) is 2.11. The summed E-state index contributed by atoms with van der Waals surface area (Å²) in [4.78, 5) is 20.5. The van der Waals surface area contributed by atoms with Crippen molar-refractivity contribution < 1.29 is 9.66 Å². The Morgan fingerprint density at radius 3 is 2.62 bits per heavy atom. The lowest BCUT2D eigenvalue weighted by molar-refractivity contribution is -0.385. The fraction of sp³-hybridized carbons (Fsp3) is 0.692. The van der Waals surface area contributed by atoms with Gasteiger partial charge in [-0.1, -0.05) is 6.92 Å². The predicted molar refractivity (Wildman–Crippen MR) is 80.7 cm³/mol. The van der Waals surface area contributed by atoms with E-state index < -0.39 is 4.92 Å². The van der Waals surface area contributed by atoms with Crippen molar-refractivity contribution in [3.05, 3.63) is 16.4 Å². The van der Waals surface area contributed by atoms with Gasteiger partial charge in [0.15, 0.2) is 0 Å². The van der Waals surface area contributed by atoms with Crippen molar-refractivity contribution in [2.24, 2.45) is 0 Å². The predicted octanol–water partition coefficient (Wildman–Crippen LogP) is 1.93. The number of anilines is 1. The molecule has 0 aliphatic rings. The summed E-state index contributed by atoms with van der Waals surface area (Å²) in [6.45, 7) is 6.81. The van der Waals surface area contributed by atoms with E-state index in [1.807, 2.05) is 39.8 Å². The summed E-state index contributed by atoms with van der Waals surface area (Å²) in [7, 11) is 3.85. The van der Waals surface area contributed by atoms with Crippen LogP contribution in [0.4, 0.5) is 11.5 Å². The molecule has 1 rings (SSSR count). The van der Waals surface area contributed by atoms with Gasteiger partial charge < -0.3 is 15.0 Å². The van der Waals surface area contributed by atoms with Crippen LogP contribution in [0.3, 0.4) is 0 Å². The molecular weight excluding hydrogens is 274 g/mol. The SMILES string of the molecule is CCCNc1ncnc(OCC(C)(C)N(C)C)c1[N+](=O)[O-]. The topological polar surface area (TPSA) is 93.4 Å². The second kappa shape index (κ2) is 7.16. The molecule has 8 heteroatoms. The molecule has 0 aliphatic heterocycles. The third-order valence-electron chi connectivity index (χ3n) is 3.29. The van der Waals surface area contributed by atoms with E-state index in [9.17, 15) is 10.1 Å². The molecule has 0 atom stereocenters. The van der Waals surface area contributed by atoms with Crippen molar-refractivity contribution in [1.29, 1.82) is 0 Å². The van der Waals surface area contributed by atoms with E-state index in [0.29, 0.717) is 6.54 Å². The van der Waals surface area contributed by atoms with E-state index in [1.54, 1.807) is 0 Å². The Balaban J connectivity index is 2.98. The zero-order chi connectivity index (χ0) is 16.0. The fourth-order valence-corrected chi connectivity index (χ4v) is 1.38. The van der Waals surface area contributed by atoms with Crippen LogP contribution < -0.4 is 10.1 Å². The summed E-state index contributed by atoms with van der Waals surface area (Å²) in [5.41, 5.74) is -0.490. The molecule has 0 unspecified atom stereocenters. The maximum absolute atomic E-state index is 11.3. The second-order valence-corrected chi connectivity index (χ2v) is 5.56. The van der Waals surface area contributed by atoms with Crippen LogP contribution in [0.1, 0.15) is 27.2 Å². The van der Waals surface area contributed by atoms with Gasteiger partial charge in [0.1, 0.15) is 12.9 Å². The lowest BCUT2D eigenvalue weighted by atomic mass is 10.1. The number of nitrogens with zero attached hydrogens (tertiary/aromatic N) is 4. The van der Waals surface area contributed by atoms with Crippen LogP contribution >= 0.6 is 0 Å². The first kappa shape index (κ1) is 17.1. The molecule has 8 nitrogen and oxygen atoms in total. The van der Waals surface area contributed by atoms with Crippen molar-refractivity contribution in [3.8, 4) is 5.88 Å². The zero-order valence-electron chi connectivity index (χ0n) is 13.2. The highest BCUT2D eigenvalue weighted by Gasteiger charge is 2.27. The average molecular weight is 297 g/mol. The second-order valence-electron chi connectivity index (χ2n) is 5.56. The van der Waals surface area contributed by atoms with Crippen LogP contribution in [0.5, 0.6) is 5.88 Å². The lowest BCUT2D eigenvalue weighted by Crippen LogP contribution is -2.43. The van der Waals surface area contributed by atoms with Crippen LogP contribution in [0.15, 0.2) is 6.33 Å². The van der Waals surface area contributed by atoms with Gasteiger partial charge in [-0.15, -0.1) is 0 Å². The van der Waals surface area contributed by atoms with Gasteiger partial charge in [0.05, 0.1) is 4.92 Å². The van der Waals surface area contributed by atoms with E-state index in [0.717, 1.165) is 6.42 Å². The lowest BCUT2D eigenvalue weighted by Gasteiger charge is -2.31. The molecule has 1 heterocycles. The highest BCUT2D eigenvalue weighted by atomic mass is 16.6. The van der Waals surface area contributed by atoms with Crippen LogP contribution in [-0.2, 0) is 0 Å². The standard InChI is InChI=1S/C13H23N5O3/c1-6-7-14-11-10(18(19)20)12(16-9-15-11)21-8-13(2,3)17(4)5/h9H,6-8H2,1-5H3,(H,14,15,16). The third kappa shape index (κ3) is 4.52. The summed E-state index contributed by atoms with van der Waals surface area (Å²) in [5, 5.41) is 14.2. The van der Waals surface area contributed by atoms with Crippen molar-refractivity contribution >= 4 is 11.5 Å². The summed E-state index contributed by atoms with van der Waals surface area (Å²) in [5.74, 6) is 0.179. The van der Waals surface area contributed by atoms with E-state index in [1.165, 1.54) is 6.33 Å². The zero-order valence-corrected chi connectivity index (χ0v) is 13.2. The Labute approximate surface area is 124 Å². The number of hydrogen-bond donors (Lipinski definition) is 1. The monoisotopic (exact) mass is 297 g/mol. The van der Waals surface area contributed by atoms with Gasteiger partial charge >= 0.3 is 5.69 Å². The van der Waals surface area contributed by atoms with Crippen molar-refractivity contribution in [1.82, 2.24) is 14.9 Å². The molecule has 0 bridgehead atoms. The molecule has 0 amide bonds. The number of nitro groups is 1. The van der Waals surface area contributed by atoms with Crippen molar-refractivity contribution in [3.63, 3.8) is 0 Å². The Bertz CT molecular complexity index is 491. The summed E-state index contributed by atoms with van der Waals surface area (Å²) < 4.78 is 5.57. The highest BCUT2D eigenvalue weighted by Crippen LogP contribution is 2.31. The van der Waals surface area contributed by atoms with Gasteiger partial charge in [-0.05, 0) is 34.4 Å². The molecule has 0 aromatic carbocycles. The minimum Gasteiger partial charge on any atom is -0.471 e. The minimum absolute atomic E-state index is 0.0106. The Morgan fingerprint density at radius 1 is 1.43 bits per heavy atom. The van der Waals surface area contributed by atoms with E-state index in [2.05, 4.69) is 15.3 Å². The van der Waals surface area contributed by atoms with E-state index in [-0.39, 0.29) is 29.5 Å². The van der Waals surface area contributed by atoms with Gasteiger partial charge in [0.2, 0.25) is 5.82 Å². The van der Waals surface area contributed by atoms with Gasteiger partial charge in [-0.3, -0.25) is 10.1 Å². The molecule has 1 N–H and O–H groups in total. The van der Waals surface area contributed by atoms with Gasteiger partial charge in [0.25, 0.3) is 5.88 Å². The molecule has 118 valence electrons. The number of rotatable bonds is 8. The van der Waals surface area contributed by atoms with E-state index in [4.69, 9.17) is 4.74 Å². The van der Waals surface area contributed by atoms with Crippen LogP contribution in [0.25, 0.3) is 0 Å². The average Bonchev–Trinajstić information content (AvgIpc) is 2.42. The maximum atomic E-state index is 11.3. The number of ether oxygens (including phenoxy) is 1. The Hall–Kier alpha value is -1.96. The van der Waals surface area contributed by atoms with Crippen LogP contribution in [-0.4, -0.2) is 52.6 Å². The molecule has 1 aromatic rings. The first-order valence-corrected chi connectivity index (χ1v) is 6.83.